The van der Waals surface area contributed by atoms with Crippen LogP contribution in [-0.4, -0.2) is 16.5 Å². The second-order valence-corrected chi connectivity index (χ2v) is 8.17. The second-order valence-electron chi connectivity index (χ2n) is 7.11. The van der Waals surface area contributed by atoms with Crippen molar-refractivity contribution in [2.24, 2.45) is 5.92 Å². The van der Waals surface area contributed by atoms with Crippen LogP contribution in [0, 0.1) is 12.0 Å². The summed E-state index contributed by atoms with van der Waals surface area (Å²) in [5, 5.41) is 3.61. The first-order valence-electron chi connectivity index (χ1n) is 9.31. The summed E-state index contributed by atoms with van der Waals surface area (Å²) in [7, 11) is 0. The molecule has 3 N–H and O–H groups in total. The first kappa shape index (κ1) is 19.0. The van der Waals surface area contributed by atoms with Gasteiger partial charge in [-0.3, -0.25) is 0 Å². The van der Waals surface area contributed by atoms with Crippen molar-refractivity contribution in [3.05, 3.63) is 36.0 Å². The molecule has 2 aromatic heterocycles. The Morgan fingerprint density at radius 1 is 1.11 bits per heavy atom. The van der Waals surface area contributed by atoms with Gasteiger partial charge in [0.2, 0.25) is 0 Å². The van der Waals surface area contributed by atoms with Crippen LogP contribution < -0.4 is 11.1 Å². The number of pyridine rings is 1. The van der Waals surface area contributed by atoms with E-state index in [0.29, 0.717) is 34.2 Å². The average Bonchev–Trinajstić information content (AvgIpc) is 3.05. The van der Waals surface area contributed by atoms with E-state index in [-0.39, 0.29) is 5.82 Å². The molecule has 3 aromatic rings. The van der Waals surface area contributed by atoms with Crippen LogP contribution in [0.4, 0.5) is 24.1 Å². The van der Waals surface area contributed by atoms with Gasteiger partial charge in [0, 0.05) is 18.2 Å². The topological polar surface area (TPSA) is 63.8 Å². The molecule has 8 heteroatoms. The quantitative estimate of drug-likeness (QED) is 0.580. The van der Waals surface area contributed by atoms with Gasteiger partial charge < -0.3 is 11.1 Å². The standard InChI is InChI=1S/C20H20F3N4S/c21-20(22,23)17-9-7-14(13-6-8-16-15(10-13)26-19(24)28-16)18(27-17)25-11-12-4-2-1-3-5-12/h6-9,12H,1-5,11H2,(H2,24,26)(H,25,27). The monoisotopic (exact) mass is 405 g/mol. The largest absolute Gasteiger partial charge is 0.433 e. The molecule has 0 unspecified atom stereocenters. The Hall–Kier alpha value is -2.35. The molecule has 0 amide bonds. The summed E-state index contributed by atoms with van der Waals surface area (Å²) < 4.78 is 40.4. The van der Waals surface area contributed by atoms with Crippen LogP contribution in [0.5, 0.6) is 0 Å². The number of nitrogen functional groups attached to an aromatic ring is 1. The Morgan fingerprint density at radius 2 is 1.89 bits per heavy atom. The van der Waals surface area contributed by atoms with Crippen molar-refractivity contribution in [2.45, 2.75) is 38.3 Å². The maximum absolute atomic E-state index is 13.2. The lowest BCUT2D eigenvalue weighted by atomic mass is 9.89. The third-order valence-corrected chi connectivity index (χ3v) is 5.93. The van der Waals surface area contributed by atoms with Crippen LogP contribution >= 0.6 is 11.3 Å². The van der Waals surface area contributed by atoms with E-state index in [4.69, 9.17) is 5.73 Å². The molecule has 4 nitrogen and oxygen atoms in total. The molecular formula is C20H20F3N4S. The van der Waals surface area contributed by atoms with E-state index >= 15 is 0 Å². The Labute approximate surface area is 165 Å². The van der Waals surface area contributed by atoms with Gasteiger partial charge in [0.25, 0.3) is 0 Å². The number of anilines is 2. The average molecular weight is 405 g/mol. The fourth-order valence-electron chi connectivity index (χ4n) is 3.64. The number of rotatable bonds is 4. The predicted octanol–water partition coefficient (Wildman–Crippen LogP) is 5.75. The number of fused-ring (bicyclic) bond motifs is 1. The smallest absolute Gasteiger partial charge is 0.375 e. The van der Waals surface area contributed by atoms with Gasteiger partial charge in [0.15, 0.2) is 5.13 Å². The highest BCUT2D eigenvalue weighted by Gasteiger charge is 2.33. The van der Waals surface area contributed by atoms with Crippen molar-refractivity contribution in [2.75, 3.05) is 17.6 Å². The number of alkyl halides is 3. The second kappa shape index (κ2) is 7.58. The first-order valence-corrected chi connectivity index (χ1v) is 10.1. The van der Waals surface area contributed by atoms with E-state index in [2.05, 4.69) is 21.4 Å². The van der Waals surface area contributed by atoms with Crippen LogP contribution in [-0.2, 0) is 6.18 Å². The lowest BCUT2D eigenvalue weighted by Gasteiger charge is -2.23. The fourth-order valence-corrected chi connectivity index (χ4v) is 4.33. The molecule has 0 saturated heterocycles. The zero-order valence-corrected chi connectivity index (χ0v) is 16.0. The molecule has 4 rings (SSSR count). The third-order valence-electron chi connectivity index (χ3n) is 5.08. The number of nitrogens with one attached hydrogen (secondary N) is 1. The molecule has 1 aliphatic carbocycles. The number of hydrogen-bond acceptors (Lipinski definition) is 5. The molecule has 2 heterocycles. The SMILES string of the molecule is Nc1nc2[c]c(-c3ccc(C(F)(F)F)nc3NCC3CCCCC3)ccc2s1. The van der Waals surface area contributed by atoms with Crippen molar-refractivity contribution in [3.8, 4) is 11.1 Å². The van der Waals surface area contributed by atoms with Crippen LogP contribution in [0.3, 0.4) is 0 Å². The molecule has 0 aliphatic heterocycles. The fraction of sp³-hybridized carbons (Fsp3) is 0.400. The number of thiazole rings is 1. The summed E-state index contributed by atoms with van der Waals surface area (Å²) in [5.41, 5.74) is 6.68. The van der Waals surface area contributed by atoms with E-state index in [1.807, 2.05) is 12.1 Å². The highest BCUT2D eigenvalue weighted by Crippen LogP contribution is 2.35. The minimum atomic E-state index is -4.49. The molecule has 0 spiro atoms. The zero-order valence-electron chi connectivity index (χ0n) is 15.1. The van der Waals surface area contributed by atoms with Crippen molar-refractivity contribution in [1.29, 1.82) is 0 Å². The molecule has 1 fully saturated rings. The number of halogens is 3. The van der Waals surface area contributed by atoms with Crippen molar-refractivity contribution >= 4 is 32.5 Å². The molecule has 0 bridgehead atoms. The van der Waals surface area contributed by atoms with Crippen LogP contribution in [0.25, 0.3) is 21.3 Å². The number of nitrogens with zero attached hydrogens (tertiary/aromatic N) is 2. The summed E-state index contributed by atoms with van der Waals surface area (Å²) in [6.45, 7) is 0.618. The van der Waals surface area contributed by atoms with E-state index in [9.17, 15) is 13.2 Å². The highest BCUT2D eigenvalue weighted by molar-refractivity contribution is 7.22. The lowest BCUT2D eigenvalue weighted by molar-refractivity contribution is -0.141. The summed E-state index contributed by atoms with van der Waals surface area (Å²) >= 11 is 1.35. The number of benzene rings is 1. The number of hydrogen-bond donors (Lipinski definition) is 2. The van der Waals surface area contributed by atoms with Gasteiger partial charge in [-0.25, -0.2) is 9.97 Å². The highest BCUT2D eigenvalue weighted by atomic mass is 32.1. The minimum Gasteiger partial charge on any atom is -0.375 e. The van der Waals surface area contributed by atoms with Gasteiger partial charge in [-0.05, 0) is 42.5 Å². The van der Waals surface area contributed by atoms with Gasteiger partial charge in [0.05, 0.1) is 10.2 Å². The molecule has 1 aromatic carbocycles. The number of nitrogens with two attached hydrogens (primary N) is 1. The Kier molecular flexibility index (Phi) is 5.14. The maximum atomic E-state index is 13.2. The normalized spacial score (nSPS) is 15.8. The van der Waals surface area contributed by atoms with Gasteiger partial charge >= 0.3 is 6.18 Å². The summed E-state index contributed by atoms with van der Waals surface area (Å²) in [6, 6.07) is 9.29. The first-order chi connectivity index (χ1) is 13.4. The molecule has 0 atom stereocenters. The van der Waals surface area contributed by atoms with Crippen LogP contribution in [0.2, 0.25) is 0 Å². The van der Waals surface area contributed by atoms with Gasteiger partial charge in [-0.1, -0.05) is 36.7 Å². The summed E-state index contributed by atoms with van der Waals surface area (Å²) in [6.07, 6.45) is 1.27. The molecular weight excluding hydrogens is 385 g/mol. The predicted molar refractivity (Wildman–Crippen MR) is 106 cm³/mol. The van der Waals surface area contributed by atoms with Gasteiger partial charge in [-0.2, -0.15) is 13.2 Å². The van der Waals surface area contributed by atoms with Crippen molar-refractivity contribution < 1.29 is 13.2 Å². The molecule has 1 saturated carbocycles. The molecule has 147 valence electrons. The van der Waals surface area contributed by atoms with Crippen LogP contribution in [0.1, 0.15) is 37.8 Å². The lowest BCUT2D eigenvalue weighted by Crippen LogP contribution is -2.19. The van der Waals surface area contributed by atoms with E-state index in [1.54, 1.807) is 0 Å². The van der Waals surface area contributed by atoms with Gasteiger partial charge in [-0.15, -0.1) is 0 Å². The number of aromatic nitrogens is 2. The Balaban J connectivity index is 1.69. The van der Waals surface area contributed by atoms with E-state index in [0.717, 1.165) is 23.6 Å². The summed E-state index contributed by atoms with van der Waals surface area (Å²) in [4.78, 5) is 8.12. The Morgan fingerprint density at radius 3 is 2.64 bits per heavy atom. The maximum Gasteiger partial charge on any atom is 0.433 e. The third kappa shape index (κ3) is 4.06. The Bertz CT molecular complexity index is 977. The minimum absolute atomic E-state index is 0.235. The molecule has 1 aliphatic rings. The molecule has 1 radical (unpaired) electrons. The van der Waals surface area contributed by atoms with Crippen LogP contribution in [0.15, 0.2) is 24.3 Å². The zero-order chi connectivity index (χ0) is 19.7. The van der Waals surface area contributed by atoms with E-state index in [1.165, 1.54) is 36.7 Å². The summed E-state index contributed by atoms with van der Waals surface area (Å²) in [5.74, 6) is 0.696. The van der Waals surface area contributed by atoms with E-state index < -0.39 is 11.9 Å². The van der Waals surface area contributed by atoms with Gasteiger partial charge in [0.1, 0.15) is 11.5 Å². The molecule has 28 heavy (non-hydrogen) atoms. The van der Waals surface area contributed by atoms with Crippen molar-refractivity contribution in [1.82, 2.24) is 9.97 Å². The van der Waals surface area contributed by atoms with Crippen molar-refractivity contribution in [3.63, 3.8) is 0 Å².